The first-order chi connectivity index (χ1) is 13.4. The number of amides is 3. The highest BCUT2D eigenvalue weighted by molar-refractivity contribution is 8.18. The molecule has 1 aliphatic heterocycles. The Labute approximate surface area is 179 Å². The van der Waals surface area contributed by atoms with Crippen LogP contribution in [0, 0.1) is 0 Å². The Kier molecular flexibility index (Phi) is 6.71. The van der Waals surface area contributed by atoms with Gasteiger partial charge in [-0.3, -0.25) is 19.3 Å². The summed E-state index contributed by atoms with van der Waals surface area (Å²) in [5.74, 6) is -0.744. The number of aromatic nitrogens is 2. The Morgan fingerprint density at radius 2 is 2.11 bits per heavy atom. The van der Waals surface area contributed by atoms with Crippen molar-refractivity contribution in [1.29, 1.82) is 0 Å². The first kappa shape index (κ1) is 20.8. The molecule has 1 aromatic carbocycles. The summed E-state index contributed by atoms with van der Waals surface area (Å²) in [6.45, 7) is 2.08. The maximum atomic E-state index is 12.5. The van der Waals surface area contributed by atoms with Gasteiger partial charge in [-0.05, 0) is 53.5 Å². The minimum atomic E-state index is -0.427. The van der Waals surface area contributed by atoms with Gasteiger partial charge in [0.25, 0.3) is 17.1 Å². The van der Waals surface area contributed by atoms with Gasteiger partial charge in [-0.25, -0.2) is 0 Å². The van der Waals surface area contributed by atoms with Crippen molar-refractivity contribution in [2.45, 2.75) is 13.3 Å². The van der Waals surface area contributed by atoms with Crippen LogP contribution in [-0.2, 0) is 11.2 Å². The van der Waals surface area contributed by atoms with Crippen molar-refractivity contribution in [2.24, 2.45) is 0 Å². The molecule has 0 bridgehead atoms. The van der Waals surface area contributed by atoms with Gasteiger partial charge in [0, 0.05) is 23.1 Å². The second kappa shape index (κ2) is 9.04. The van der Waals surface area contributed by atoms with E-state index in [0.29, 0.717) is 32.6 Å². The molecule has 2 heterocycles. The van der Waals surface area contributed by atoms with E-state index in [2.05, 4.69) is 14.9 Å². The van der Waals surface area contributed by atoms with Crippen LogP contribution in [0.1, 0.15) is 27.9 Å². The molecule has 7 nitrogen and oxygen atoms in total. The minimum Gasteiger partial charge on any atom is -0.349 e. The van der Waals surface area contributed by atoms with Crippen LogP contribution in [0.2, 0.25) is 10.0 Å². The number of nitrogens with zero attached hydrogens (tertiary/aromatic N) is 3. The maximum absolute atomic E-state index is 12.5. The standard InChI is InChI=1S/C17H14Cl2N4O3S2/c1-2-12-14(28-22-21-12)15(24)20-5-6-23-16(25)13(27-17(23)26)7-9-3-4-10(18)8-11(9)19/h3-4,7-8H,2,5-6H2,1H3,(H,20,24)/b13-7-. The van der Waals surface area contributed by atoms with Crippen molar-refractivity contribution in [3.05, 3.63) is 49.3 Å². The molecule has 2 aromatic rings. The number of thioether (sulfide) groups is 1. The van der Waals surface area contributed by atoms with E-state index in [4.69, 9.17) is 23.2 Å². The first-order valence-corrected chi connectivity index (χ1v) is 10.5. The molecule has 0 saturated carbocycles. The van der Waals surface area contributed by atoms with Gasteiger partial charge < -0.3 is 5.32 Å². The van der Waals surface area contributed by atoms with E-state index in [1.807, 2.05) is 6.92 Å². The van der Waals surface area contributed by atoms with Gasteiger partial charge >= 0.3 is 0 Å². The second-order valence-electron chi connectivity index (χ2n) is 5.66. The smallest absolute Gasteiger partial charge is 0.293 e. The number of benzene rings is 1. The van der Waals surface area contributed by atoms with E-state index in [1.54, 1.807) is 24.3 Å². The molecule has 3 rings (SSSR count). The van der Waals surface area contributed by atoms with Crippen LogP contribution in [0.25, 0.3) is 6.08 Å². The molecule has 0 unspecified atom stereocenters. The van der Waals surface area contributed by atoms with Crippen LogP contribution in [0.15, 0.2) is 23.1 Å². The molecule has 28 heavy (non-hydrogen) atoms. The molecule has 1 aliphatic rings. The Bertz CT molecular complexity index is 977. The summed E-state index contributed by atoms with van der Waals surface area (Å²) in [5, 5.41) is 7.04. The molecule has 1 saturated heterocycles. The van der Waals surface area contributed by atoms with E-state index in [1.165, 1.54) is 0 Å². The summed E-state index contributed by atoms with van der Waals surface area (Å²) in [7, 11) is 0. The fraction of sp³-hybridized carbons (Fsp3) is 0.235. The van der Waals surface area contributed by atoms with E-state index < -0.39 is 11.1 Å². The highest BCUT2D eigenvalue weighted by atomic mass is 35.5. The third-order valence-corrected chi connectivity index (χ3v) is 6.08. The number of aryl methyl sites for hydroxylation is 1. The maximum Gasteiger partial charge on any atom is 0.293 e. The van der Waals surface area contributed by atoms with Crippen molar-refractivity contribution < 1.29 is 14.4 Å². The number of hydrogen-bond acceptors (Lipinski definition) is 7. The molecule has 1 N–H and O–H groups in total. The van der Waals surface area contributed by atoms with Gasteiger partial charge in [0.15, 0.2) is 0 Å². The van der Waals surface area contributed by atoms with Gasteiger partial charge in [-0.2, -0.15) is 0 Å². The van der Waals surface area contributed by atoms with E-state index in [-0.39, 0.29) is 23.9 Å². The second-order valence-corrected chi connectivity index (χ2v) is 8.25. The van der Waals surface area contributed by atoms with Crippen LogP contribution in [-0.4, -0.2) is 44.6 Å². The Balaban J connectivity index is 1.62. The number of imide groups is 1. The quantitative estimate of drug-likeness (QED) is 0.663. The molecule has 3 amide bonds. The molecular formula is C17H14Cl2N4O3S2. The van der Waals surface area contributed by atoms with Gasteiger partial charge in [0.2, 0.25) is 0 Å². The average Bonchev–Trinajstić information content (AvgIpc) is 3.23. The van der Waals surface area contributed by atoms with Crippen LogP contribution in [0.5, 0.6) is 0 Å². The zero-order valence-corrected chi connectivity index (χ0v) is 17.7. The SMILES string of the molecule is CCc1nnsc1C(=O)NCCN1C(=O)S/C(=C\c2ccc(Cl)cc2Cl)C1=O. The summed E-state index contributed by atoms with van der Waals surface area (Å²) >= 11 is 13.8. The van der Waals surface area contributed by atoms with Crippen molar-refractivity contribution >= 4 is 69.6 Å². The van der Waals surface area contributed by atoms with E-state index in [0.717, 1.165) is 28.2 Å². The van der Waals surface area contributed by atoms with Crippen molar-refractivity contribution in [1.82, 2.24) is 19.8 Å². The number of carbonyl (C=O) groups is 3. The molecule has 1 fully saturated rings. The summed E-state index contributed by atoms with van der Waals surface area (Å²) in [5.41, 5.74) is 1.21. The molecular weight excluding hydrogens is 443 g/mol. The Hall–Kier alpha value is -1.94. The lowest BCUT2D eigenvalue weighted by Gasteiger charge is -2.12. The minimum absolute atomic E-state index is 0.0653. The van der Waals surface area contributed by atoms with Gasteiger partial charge in [-0.15, -0.1) is 5.10 Å². The zero-order chi connectivity index (χ0) is 20.3. The molecule has 0 radical (unpaired) electrons. The molecule has 11 heteroatoms. The molecule has 0 spiro atoms. The van der Waals surface area contributed by atoms with E-state index in [9.17, 15) is 14.4 Å². The van der Waals surface area contributed by atoms with Crippen LogP contribution in [0.3, 0.4) is 0 Å². The number of halogens is 2. The molecule has 0 aliphatic carbocycles. The van der Waals surface area contributed by atoms with Crippen LogP contribution < -0.4 is 5.32 Å². The third-order valence-electron chi connectivity index (χ3n) is 3.84. The lowest BCUT2D eigenvalue weighted by Crippen LogP contribution is -2.37. The number of nitrogens with one attached hydrogen (secondary N) is 1. The highest BCUT2D eigenvalue weighted by Crippen LogP contribution is 2.33. The molecule has 0 atom stereocenters. The first-order valence-electron chi connectivity index (χ1n) is 8.20. The summed E-state index contributed by atoms with van der Waals surface area (Å²) in [6.07, 6.45) is 2.15. The number of hydrogen-bond donors (Lipinski definition) is 1. The summed E-state index contributed by atoms with van der Waals surface area (Å²) in [4.78, 5) is 38.7. The number of carbonyl (C=O) groups excluding carboxylic acids is 3. The molecule has 146 valence electrons. The lowest BCUT2D eigenvalue weighted by atomic mass is 10.2. The molecule has 1 aromatic heterocycles. The lowest BCUT2D eigenvalue weighted by molar-refractivity contribution is -0.122. The van der Waals surface area contributed by atoms with Gasteiger partial charge in [0.05, 0.1) is 10.6 Å². The predicted molar refractivity (Wildman–Crippen MR) is 111 cm³/mol. The largest absolute Gasteiger partial charge is 0.349 e. The fourth-order valence-electron chi connectivity index (χ4n) is 2.43. The van der Waals surface area contributed by atoms with Crippen molar-refractivity contribution in [2.75, 3.05) is 13.1 Å². The topological polar surface area (TPSA) is 92.3 Å². The average molecular weight is 457 g/mol. The monoisotopic (exact) mass is 456 g/mol. The third kappa shape index (κ3) is 4.54. The summed E-state index contributed by atoms with van der Waals surface area (Å²) in [6, 6.07) is 4.89. The van der Waals surface area contributed by atoms with Crippen LogP contribution in [0.4, 0.5) is 4.79 Å². The Morgan fingerprint density at radius 1 is 1.32 bits per heavy atom. The number of rotatable bonds is 6. The van der Waals surface area contributed by atoms with Crippen molar-refractivity contribution in [3.63, 3.8) is 0 Å². The van der Waals surface area contributed by atoms with Gasteiger partial charge in [-0.1, -0.05) is 40.7 Å². The normalized spacial score (nSPS) is 15.5. The predicted octanol–water partition coefficient (Wildman–Crippen LogP) is 3.87. The summed E-state index contributed by atoms with van der Waals surface area (Å²) < 4.78 is 3.77. The van der Waals surface area contributed by atoms with Crippen molar-refractivity contribution in [3.8, 4) is 0 Å². The fourth-order valence-corrected chi connectivity index (χ4v) is 4.41. The van der Waals surface area contributed by atoms with E-state index >= 15 is 0 Å². The highest BCUT2D eigenvalue weighted by Gasteiger charge is 2.34. The zero-order valence-electron chi connectivity index (χ0n) is 14.6. The Morgan fingerprint density at radius 3 is 2.82 bits per heavy atom. The van der Waals surface area contributed by atoms with Crippen LogP contribution >= 0.6 is 46.5 Å². The van der Waals surface area contributed by atoms with Gasteiger partial charge in [0.1, 0.15) is 4.88 Å².